The molecule has 0 saturated heterocycles. The minimum absolute atomic E-state index is 0.186. The molecular formula is C24H37N3O. The van der Waals surface area contributed by atoms with Crippen molar-refractivity contribution in [1.82, 2.24) is 14.8 Å². The molecule has 1 amide bonds. The summed E-state index contributed by atoms with van der Waals surface area (Å²) < 4.78 is 2.32. The maximum atomic E-state index is 12.4. The minimum atomic E-state index is 0.186. The highest BCUT2D eigenvalue weighted by Gasteiger charge is 2.32. The fourth-order valence-electron chi connectivity index (χ4n) is 4.95. The van der Waals surface area contributed by atoms with Gasteiger partial charge in [-0.15, -0.1) is 0 Å². The van der Waals surface area contributed by atoms with Crippen LogP contribution in [-0.4, -0.2) is 34.5 Å². The number of nitrogens with one attached hydrogen (secondary N) is 1. The van der Waals surface area contributed by atoms with Gasteiger partial charge >= 0.3 is 0 Å². The Balaban J connectivity index is 1.76. The van der Waals surface area contributed by atoms with Crippen LogP contribution in [-0.2, 0) is 18.3 Å². The Hall–Kier alpha value is -1.81. The Kier molecular flexibility index (Phi) is 6.82. The van der Waals surface area contributed by atoms with Crippen molar-refractivity contribution < 1.29 is 4.79 Å². The highest BCUT2D eigenvalue weighted by Crippen LogP contribution is 2.38. The summed E-state index contributed by atoms with van der Waals surface area (Å²) >= 11 is 0. The third-order valence-corrected chi connectivity index (χ3v) is 6.30. The molecule has 28 heavy (non-hydrogen) atoms. The van der Waals surface area contributed by atoms with E-state index in [4.69, 9.17) is 0 Å². The van der Waals surface area contributed by atoms with Gasteiger partial charge in [-0.2, -0.15) is 0 Å². The first-order valence-corrected chi connectivity index (χ1v) is 11.0. The van der Waals surface area contributed by atoms with E-state index in [-0.39, 0.29) is 11.9 Å². The Morgan fingerprint density at radius 3 is 2.71 bits per heavy atom. The summed E-state index contributed by atoms with van der Waals surface area (Å²) in [6.45, 7) is 10.4. The van der Waals surface area contributed by atoms with Gasteiger partial charge in [0.25, 0.3) is 0 Å². The Morgan fingerprint density at radius 1 is 1.29 bits per heavy atom. The predicted molar refractivity (Wildman–Crippen MR) is 118 cm³/mol. The van der Waals surface area contributed by atoms with E-state index < -0.39 is 0 Å². The van der Waals surface area contributed by atoms with E-state index in [9.17, 15) is 4.79 Å². The molecule has 1 aromatic carbocycles. The number of amides is 1. The lowest BCUT2D eigenvalue weighted by atomic mass is 9.94. The summed E-state index contributed by atoms with van der Waals surface area (Å²) in [5.74, 6) is 0.919. The summed E-state index contributed by atoms with van der Waals surface area (Å²) in [6.07, 6.45) is 5.46. The van der Waals surface area contributed by atoms with Gasteiger partial charge in [-0.05, 0) is 56.2 Å². The lowest BCUT2D eigenvalue weighted by Gasteiger charge is -2.36. The molecule has 1 aromatic heterocycles. The number of hydrogen-bond acceptors (Lipinski definition) is 2. The molecule has 0 fully saturated rings. The highest BCUT2D eigenvalue weighted by molar-refractivity contribution is 5.86. The van der Waals surface area contributed by atoms with Crippen LogP contribution in [0.1, 0.15) is 70.7 Å². The molecule has 0 saturated carbocycles. The Bertz CT molecular complexity index is 808. The second kappa shape index (κ2) is 9.13. The average molecular weight is 384 g/mol. The highest BCUT2D eigenvalue weighted by atomic mass is 16.2. The van der Waals surface area contributed by atoms with Crippen LogP contribution in [0.25, 0.3) is 10.9 Å². The van der Waals surface area contributed by atoms with Crippen molar-refractivity contribution in [1.29, 1.82) is 0 Å². The summed E-state index contributed by atoms with van der Waals surface area (Å²) in [5.41, 5.74) is 4.07. The number of nitrogens with zero attached hydrogens (tertiary/aromatic N) is 2. The van der Waals surface area contributed by atoms with E-state index in [2.05, 4.69) is 66.9 Å². The van der Waals surface area contributed by atoms with Crippen LogP contribution in [0.3, 0.4) is 0 Å². The summed E-state index contributed by atoms with van der Waals surface area (Å²) in [4.78, 5) is 14.4. The lowest BCUT2D eigenvalue weighted by Crippen LogP contribution is -2.40. The molecular weight excluding hydrogens is 346 g/mol. The van der Waals surface area contributed by atoms with Crippen LogP contribution in [0.2, 0.25) is 0 Å². The average Bonchev–Trinajstić information content (AvgIpc) is 2.96. The van der Waals surface area contributed by atoms with E-state index in [1.165, 1.54) is 35.0 Å². The SMILES string of the molecule is CCC(CC(C)C)NCCCC1c2c(c3ccccc3n2C)CCN1C(C)=O. The molecule has 1 aliphatic rings. The van der Waals surface area contributed by atoms with Crippen molar-refractivity contribution in [2.24, 2.45) is 13.0 Å². The second-order valence-corrected chi connectivity index (χ2v) is 8.75. The van der Waals surface area contributed by atoms with E-state index in [1.54, 1.807) is 6.92 Å². The fraction of sp³-hybridized carbons (Fsp3) is 0.625. The van der Waals surface area contributed by atoms with Crippen molar-refractivity contribution in [2.75, 3.05) is 13.1 Å². The molecule has 4 heteroatoms. The maximum Gasteiger partial charge on any atom is 0.220 e. The van der Waals surface area contributed by atoms with Gasteiger partial charge in [-0.25, -0.2) is 0 Å². The van der Waals surface area contributed by atoms with E-state index >= 15 is 0 Å². The van der Waals surface area contributed by atoms with Gasteiger partial charge in [0, 0.05) is 43.2 Å². The van der Waals surface area contributed by atoms with Crippen LogP contribution in [0.5, 0.6) is 0 Å². The van der Waals surface area contributed by atoms with Gasteiger partial charge in [0.15, 0.2) is 0 Å². The molecule has 1 aliphatic heterocycles. The molecule has 0 radical (unpaired) electrons. The molecule has 2 atom stereocenters. The van der Waals surface area contributed by atoms with Crippen LogP contribution in [0.4, 0.5) is 0 Å². The van der Waals surface area contributed by atoms with Gasteiger partial charge < -0.3 is 14.8 Å². The molecule has 0 aliphatic carbocycles. The van der Waals surface area contributed by atoms with Crippen molar-refractivity contribution in [3.05, 3.63) is 35.5 Å². The topological polar surface area (TPSA) is 37.3 Å². The van der Waals surface area contributed by atoms with Crippen molar-refractivity contribution in [2.45, 2.75) is 71.9 Å². The lowest BCUT2D eigenvalue weighted by molar-refractivity contribution is -0.132. The smallest absolute Gasteiger partial charge is 0.220 e. The first-order valence-electron chi connectivity index (χ1n) is 11.0. The van der Waals surface area contributed by atoms with Crippen LogP contribution < -0.4 is 5.32 Å². The minimum Gasteiger partial charge on any atom is -0.346 e. The zero-order chi connectivity index (χ0) is 20.3. The van der Waals surface area contributed by atoms with Crippen LogP contribution >= 0.6 is 0 Å². The van der Waals surface area contributed by atoms with Gasteiger partial charge in [0.1, 0.15) is 0 Å². The van der Waals surface area contributed by atoms with Gasteiger partial charge in [-0.1, -0.05) is 39.0 Å². The first kappa shape index (κ1) is 20.9. The van der Waals surface area contributed by atoms with Gasteiger partial charge in [-0.3, -0.25) is 4.79 Å². The maximum absolute atomic E-state index is 12.4. The number of fused-ring (bicyclic) bond motifs is 3. The third kappa shape index (κ3) is 4.27. The molecule has 2 aromatic rings. The molecule has 0 spiro atoms. The van der Waals surface area contributed by atoms with E-state index in [1.807, 2.05) is 0 Å². The second-order valence-electron chi connectivity index (χ2n) is 8.75. The molecule has 154 valence electrons. The number of aromatic nitrogens is 1. The summed E-state index contributed by atoms with van der Waals surface area (Å²) in [6, 6.07) is 9.44. The number of rotatable bonds is 8. The molecule has 1 N–H and O–H groups in total. The number of para-hydroxylation sites is 1. The summed E-state index contributed by atoms with van der Waals surface area (Å²) in [7, 11) is 2.16. The Morgan fingerprint density at radius 2 is 2.04 bits per heavy atom. The fourth-order valence-corrected chi connectivity index (χ4v) is 4.95. The van der Waals surface area contributed by atoms with Gasteiger partial charge in [0.05, 0.1) is 6.04 Å². The molecule has 4 nitrogen and oxygen atoms in total. The zero-order valence-electron chi connectivity index (χ0n) is 18.3. The van der Waals surface area contributed by atoms with Crippen LogP contribution in [0, 0.1) is 5.92 Å². The standard InChI is InChI=1S/C24H37N3O/c1-6-19(16-17(2)3)25-14-9-12-23-24-21(13-15-27(23)18(4)28)20-10-7-8-11-22(20)26(24)5/h7-8,10-11,17,19,23,25H,6,9,12-16H2,1-5H3. The van der Waals surface area contributed by atoms with Crippen molar-refractivity contribution >= 4 is 16.8 Å². The zero-order valence-corrected chi connectivity index (χ0v) is 18.3. The quantitative estimate of drug-likeness (QED) is 0.664. The number of carbonyl (C=O) groups is 1. The molecule has 2 heterocycles. The van der Waals surface area contributed by atoms with E-state index in [0.717, 1.165) is 38.3 Å². The number of carbonyl (C=O) groups excluding carboxylic acids is 1. The number of aryl methyl sites for hydroxylation is 1. The monoisotopic (exact) mass is 383 g/mol. The largest absolute Gasteiger partial charge is 0.346 e. The predicted octanol–water partition coefficient (Wildman–Crippen LogP) is 4.82. The van der Waals surface area contributed by atoms with E-state index in [0.29, 0.717) is 6.04 Å². The van der Waals surface area contributed by atoms with Crippen molar-refractivity contribution in [3.63, 3.8) is 0 Å². The Labute approximate surface area is 170 Å². The third-order valence-electron chi connectivity index (χ3n) is 6.30. The van der Waals surface area contributed by atoms with Crippen molar-refractivity contribution in [3.8, 4) is 0 Å². The van der Waals surface area contributed by atoms with Gasteiger partial charge in [0.2, 0.25) is 5.91 Å². The summed E-state index contributed by atoms with van der Waals surface area (Å²) in [5, 5.41) is 5.10. The molecule has 3 rings (SSSR count). The molecule has 0 bridgehead atoms. The molecule has 2 unspecified atom stereocenters. The van der Waals surface area contributed by atoms with Crippen LogP contribution in [0.15, 0.2) is 24.3 Å². The number of benzene rings is 1. The number of hydrogen-bond donors (Lipinski definition) is 1. The first-order chi connectivity index (χ1) is 13.4. The normalized spacial score (nSPS) is 17.9.